The molecule has 2 unspecified atom stereocenters. The van der Waals surface area contributed by atoms with Crippen LogP contribution in [0.15, 0.2) is 42.5 Å². The molecule has 0 fully saturated rings. The number of carbonyl (C=O) groups excluding carboxylic acids is 2. The zero-order chi connectivity index (χ0) is 19.5. The molecule has 6 nitrogen and oxygen atoms in total. The lowest BCUT2D eigenvalue weighted by Crippen LogP contribution is -2.56. The minimum Gasteiger partial charge on any atom is -0.480 e. The van der Waals surface area contributed by atoms with Gasteiger partial charge in [0.2, 0.25) is 5.91 Å². The maximum absolute atomic E-state index is 12.8. The number of hydrogen-bond acceptors (Lipinski definition) is 3. The standard InChI is InChI=1S/C20H24N2O4/c1-12(19(25)26)21-18(24)16(20(2,3)4)22-17(23)15-11-7-9-13-8-5-6-10-14(13)15/h5-12,16H,1-4H3,(H,21,24)(H,22,23)(H,25,26). The van der Waals surface area contributed by atoms with Crippen molar-refractivity contribution in [1.82, 2.24) is 10.6 Å². The van der Waals surface area contributed by atoms with Crippen LogP contribution in [-0.2, 0) is 9.59 Å². The molecule has 0 aromatic heterocycles. The van der Waals surface area contributed by atoms with E-state index < -0.39 is 29.4 Å². The molecule has 0 heterocycles. The van der Waals surface area contributed by atoms with Crippen molar-refractivity contribution in [2.75, 3.05) is 0 Å². The first kappa shape index (κ1) is 19.4. The van der Waals surface area contributed by atoms with Gasteiger partial charge < -0.3 is 15.7 Å². The number of rotatable bonds is 5. The molecule has 2 aromatic carbocycles. The molecule has 2 aromatic rings. The minimum absolute atomic E-state index is 0.375. The molecule has 6 heteroatoms. The Morgan fingerprint density at radius 2 is 1.58 bits per heavy atom. The van der Waals surface area contributed by atoms with E-state index in [9.17, 15) is 14.4 Å². The number of carboxylic acid groups (broad SMARTS) is 1. The highest BCUT2D eigenvalue weighted by Gasteiger charge is 2.34. The Hall–Kier alpha value is -2.89. The molecule has 2 atom stereocenters. The molecule has 0 aliphatic heterocycles. The predicted octanol–water partition coefficient (Wildman–Crippen LogP) is 2.57. The Labute approximate surface area is 152 Å². The molecule has 0 spiro atoms. The maximum atomic E-state index is 12.8. The van der Waals surface area contributed by atoms with Crippen molar-refractivity contribution >= 4 is 28.6 Å². The first-order valence-electron chi connectivity index (χ1n) is 8.43. The average molecular weight is 356 g/mol. The second-order valence-electron chi connectivity index (χ2n) is 7.37. The molecule has 2 amide bonds. The zero-order valence-corrected chi connectivity index (χ0v) is 15.4. The summed E-state index contributed by atoms with van der Waals surface area (Å²) in [5, 5.41) is 15.9. The van der Waals surface area contributed by atoms with Crippen molar-refractivity contribution in [3.63, 3.8) is 0 Å². The number of nitrogens with one attached hydrogen (secondary N) is 2. The Morgan fingerprint density at radius 1 is 0.962 bits per heavy atom. The first-order valence-corrected chi connectivity index (χ1v) is 8.43. The zero-order valence-electron chi connectivity index (χ0n) is 15.4. The monoisotopic (exact) mass is 356 g/mol. The van der Waals surface area contributed by atoms with Crippen LogP contribution in [0.5, 0.6) is 0 Å². The van der Waals surface area contributed by atoms with Crippen molar-refractivity contribution in [1.29, 1.82) is 0 Å². The smallest absolute Gasteiger partial charge is 0.325 e. The average Bonchev–Trinajstić information content (AvgIpc) is 2.57. The van der Waals surface area contributed by atoms with Gasteiger partial charge in [-0.1, -0.05) is 57.2 Å². The van der Waals surface area contributed by atoms with Gasteiger partial charge in [-0.3, -0.25) is 14.4 Å². The van der Waals surface area contributed by atoms with Gasteiger partial charge in [0, 0.05) is 5.56 Å². The van der Waals surface area contributed by atoms with E-state index >= 15 is 0 Å². The Morgan fingerprint density at radius 3 is 2.19 bits per heavy atom. The van der Waals surface area contributed by atoms with E-state index in [1.807, 2.05) is 51.1 Å². The molecule has 3 N–H and O–H groups in total. The number of amides is 2. The SMILES string of the molecule is CC(NC(=O)C(NC(=O)c1cccc2ccccc12)C(C)(C)C)C(=O)O. The fourth-order valence-electron chi connectivity index (χ4n) is 2.67. The number of carboxylic acids is 1. The largest absolute Gasteiger partial charge is 0.480 e. The van der Waals surface area contributed by atoms with Gasteiger partial charge in [0.15, 0.2) is 0 Å². The highest BCUT2D eigenvalue weighted by atomic mass is 16.4. The third kappa shape index (κ3) is 4.39. The van der Waals surface area contributed by atoms with Gasteiger partial charge in [-0.25, -0.2) is 0 Å². The second kappa shape index (κ2) is 7.56. The summed E-state index contributed by atoms with van der Waals surface area (Å²) in [5.41, 5.74) is -0.126. The molecular formula is C20H24N2O4. The van der Waals surface area contributed by atoms with E-state index in [0.717, 1.165) is 10.8 Å². The molecule has 0 aliphatic carbocycles. The van der Waals surface area contributed by atoms with Crippen LogP contribution in [0.3, 0.4) is 0 Å². The Balaban J connectivity index is 2.29. The van der Waals surface area contributed by atoms with E-state index in [0.29, 0.717) is 5.56 Å². The highest BCUT2D eigenvalue weighted by molar-refractivity contribution is 6.08. The van der Waals surface area contributed by atoms with E-state index in [1.54, 1.807) is 12.1 Å². The van der Waals surface area contributed by atoms with Gasteiger partial charge in [0.05, 0.1) is 0 Å². The van der Waals surface area contributed by atoms with Crippen LogP contribution in [0.2, 0.25) is 0 Å². The fraction of sp³-hybridized carbons (Fsp3) is 0.350. The van der Waals surface area contributed by atoms with Crippen molar-refractivity contribution < 1.29 is 19.5 Å². The first-order chi connectivity index (χ1) is 12.1. The van der Waals surface area contributed by atoms with Gasteiger partial charge in [-0.2, -0.15) is 0 Å². The number of aliphatic carboxylic acids is 1. The summed E-state index contributed by atoms with van der Waals surface area (Å²) < 4.78 is 0. The predicted molar refractivity (Wildman–Crippen MR) is 99.9 cm³/mol. The molecular weight excluding hydrogens is 332 g/mol. The lowest BCUT2D eigenvalue weighted by molar-refractivity contribution is -0.142. The van der Waals surface area contributed by atoms with E-state index in [1.165, 1.54) is 6.92 Å². The molecule has 0 radical (unpaired) electrons. The number of hydrogen-bond donors (Lipinski definition) is 3. The summed E-state index contributed by atoms with van der Waals surface area (Å²) in [6, 6.07) is 11.0. The number of benzene rings is 2. The van der Waals surface area contributed by atoms with Gasteiger partial charge in [-0.15, -0.1) is 0 Å². The second-order valence-corrected chi connectivity index (χ2v) is 7.37. The molecule has 0 saturated carbocycles. The van der Waals surface area contributed by atoms with E-state index in [2.05, 4.69) is 10.6 Å². The fourth-order valence-corrected chi connectivity index (χ4v) is 2.67. The van der Waals surface area contributed by atoms with Crippen LogP contribution in [0.25, 0.3) is 10.8 Å². The van der Waals surface area contributed by atoms with Crippen molar-refractivity contribution in [2.24, 2.45) is 5.41 Å². The lowest BCUT2D eigenvalue weighted by atomic mass is 9.85. The van der Waals surface area contributed by atoms with Gasteiger partial charge in [0.25, 0.3) is 5.91 Å². The van der Waals surface area contributed by atoms with E-state index in [-0.39, 0.29) is 5.91 Å². The quantitative estimate of drug-likeness (QED) is 0.767. The van der Waals surface area contributed by atoms with Crippen molar-refractivity contribution in [3.05, 3.63) is 48.0 Å². The van der Waals surface area contributed by atoms with Crippen LogP contribution in [0.1, 0.15) is 38.1 Å². The summed E-state index contributed by atoms with van der Waals surface area (Å²) in [7, 11) is 0. The summed E-state index contributed by atoms with van der Waals surface area (Å²) in [6.07, 6.45) is 0. The van der Waals surface area contributed by atoms with Gasteiger partial charge in [-0.05, 0) is 29.2 Å². The molecule has 0 saturated heterocycles. The summed E-state index contributed by atoms with van der Waals surface area (Å²) in [4.78, 5) is 36.4. The summed E-state index contributed by atoms with van der Waals surface area (Å²) in [5.74, 6) is -2.03. The summed E-state index contributed by atoms with van der Waals surface area (Å²) >= 11 is 0. The summed E-state index contributed by atoms with van der Waals surface area (Å²) in [6.45, 7) is 6.82. The Kier molecular flexibility index (Phi) is 5.65. The van der Waals surface area contributed by atoms with Gasteiger partial charge in [0.1, 0.15) is 12.1 Å². The lowest BCUT2D eigenvalue weighted by Gasteiger charge is -2.31. The van der Waals surface area contributed by atoms with Crippen LogP contribution in [-0.4, -0.2) is 35.0 Å². The molecule has 0 aliphatic rings. The maximum Gasteiger partial charge on any atom is 0.325 e. The molecule has 0 bridgehead atoms. The van der Waals surface area contributed by atoms with Crippen molar-refractivity contribution in [3.8, 4) is 0 Å². The van der Waals surface area contributed by atoms with Crippen LogP contribution in [0.4, 0.5) is 0 Å². The number of fused-ring (bicyclic) bond motifs is 1. The molecule has 2 rings (SSSR count). The van der Waals surface area contributed by atoms with Gasteiger partial charge >= 0.3 is 5.97 Å². The molecule has 138 valence electrons. The van der Waals surface area contributed by atoms with Crippen LogP contribution < -0.4 is 10.6 Å². The normalized spacial score (nSPS) is 13.7. The third-order valence-electron chi connectivity index (χ3n) is 4.17. The topological polar surface area (TPSA) is 95.5 Å². The highest BCUT2D eigenvalue weighted by Crippen LogP contribution is 2.22. The van der Waals surface area contributed by atoms with Crippen LogP contribution >= 0.6 is 0 Å². The minimum atomic E-state index is -1.13. The van der Waals surface area contributed by atoms with Crippen LogP contribution in [0, 0.1) is 5.41 Å². The third-order valence-corrected chi connectivity index (χ3v) is 4.17. The van der Waals surface area contributed by atoms with E-state index in [4.69, 9.17) is 5.11 Å². The Bertz CT molecular complexity index is 834. The molecule has 26 heavy (non-hydrogen) atoms. The van der Waals surface area contributed by atoms with Crippen molar-refractivity contribution in [2.45, 2.75) is 39.8 Å². The number of carbonyl (C=O) groups is 3.